The molecule has 0 aliphatic carbocycles. The van der Waals surface area contributed by atoms with Crippen LogP contribution in [0.1, 0.15) is 124 Å². The topological polar surface area (TPSA) is 52.6 Å². The second kappa shape index (κ2) is 17.8. The number of carbonyl (C=O) groups is 2. The van der Waals surface area contributed by atoms with E-state index >= 15 is 0 Å². The minimum absolute atomic E-state index is 0.0970. The predicted molar refractivity (Wildman–Crippen MR) is 112 cm³/mol. The molecule has 0 atom stereocenters. The summed E-state index contributed by atoms with van der Waals surface area (Å²) in [6.45, 7) is 7.95. The third-order valence-corrected chi connectivity index (χ3v) is 7.10. The van der Waals surface area contributed by atoms with Crippen LogP contribution >= 0.6 is 0 Å². The van der Waals surface area contributed by atoms with E-state index in [9.17, 15) is 9.59 Å². The van der Waals surface area contributed by atoms with Gasteiger partial charge in [-0.15, -0.1) is 0 Å². The van der Waals surface area contributed by atoms with Crippen molar-refractivity contribution in [2.24, 2.45) is 5.41 Å². The molecule has 0 aromatic carbocycles. The first kappa shape index (κ1) is 26.7. The van der Waals surface area contributed by atoms with Gasteiger partial charge < -0.3 is 0 Å². The average molecular weight is 489 g/mol. The molecular weight excluding hydrogens is 447 g/mol. The molecule has 0 fully saturated rings. The first-order chi connectivity index (χ1) is 13.0. The summed E-state index contributed by atoms with van der Waals surface area (Å²) in [5.74, 6) is -0.439. The summed E-state index contributed by atoms with van der Waals surface area (Å²) in [5, 5.41) is 0. The van der Waals surface area contributed by atoms with Gasteiger partial charge in [-0.1, -0.05) is 6.92 Å². The second-order valence-electron chi connectivity index (χ2n) is 7.78. The average Bonchev–Trinajstić information content (AvgIpc) is 2.65. The van der Waals surface area contributed by atoms with Crippen LogP contribution in [0.5, 0.6) is 0 Å². The van der Waals surface area contributed by atoms with E-state index in [1.54, 1.807) is 0 Å². The van der Waals surface area contributed by atoms with Gasteiger partial charge in [-0.25, -0.2) is 0 Å². The molecule has 0 spiro atoms. The molecule has 4 nitrogen and oxygen atoms in total. The van der Waals surface area contributed by atoms with Crippen molar-refractivity contribution in [2.75, 3.05) is 0 Å². The Morgan fingerprint density at radius 2 is 1.11 bits per heavy atom. The van der Waals surface area contributed by atoms with Gasteiger partial charge in [-0.3, -0.25) is 0 Å². The Balaban J connectivity index is 4.62. The molecule has 0 rings (SSSR count). The van der Waals surface area contributed by atoms with Gasteiger partial charge in [0, 0.05) is 0 Å². The maximum absolute atomic E-state index is 12.9. The van der Waals surface area contributed by atoms with E-state index < -0.39 is 22.0 Å². The molecular formula is C22H42O4Sn. The molecule has 0 aromatic rings. The first-order valence-electron chi connectivity index (χ1n) is 11.2. The van der Waals surface area contributed by atoms with Gasteiger partial charge in [0.05, 0.1) is 0 Å². The molecule has 0 bridgehead atoms. The van der Waals surface area contributed by atoms with Crippen LogP contribution < -0.4 is 0 Å². The normalized spacial score (nSPS) is 11.4. The van der Waals surface area contributed by atoms with Crippen LogP contribution in [-0.4, -0.2) is 33.9 Å². The van der Waals surface area contributed by atoms with Gasteiger partial charge in [-0.05, 0) is 0 Å². The van der Waals surface area contributed by atoms with Gasteiger partial charge in [-0.2, -0.15) is 0 Å². The van der Waals surface area contributed by atoms with Crippen molar-refractivity contribution in [3.05, 3.63) is 0 Å². The van der Waals surface area contributed by atoms with Crippen molar-refractivity contribution in [1.29, 1.82) is 0 Å². The summed E-state index contributed by atoms with van der Waals surface area (Å²) < 4.78 is 10.5. The van der Waals surface area contributed by atoms with Crippen molar-refractivity contribution >= 4 is 33.9 Å². The van der Waals surface area contributed by atoms with E-state index in [2.05, 4.69) is 20.8 Å². The molecule has 27 heavy (non-hydrogen) atoms. The molecule has 0 aliphatic rings. The van der Waals surface area contributed by atoms with Crippen LogP contribution in [0.3, 0.4) is 0 Å². The number of carbonyl (C=O) groups excluding carboxylic acids is 2. The molecule has 0 heterocycles. The van der Waals surface area contributed by atoms with E-state index in [1.807, 2.05) is 0 Å². The van der Waals surface area contributed by atoms with E-state index in [0.29, 0.717) is 0 Å². The monoisotopic (exact) mass is 490 g/mol. The molecule has 2 radical (unpaired) electrons. The SMILES string of the molecule is CCCCCCCCCCC(CCCC)(CCCC)C(=O)[O][Sn][O]C(C)=O. The Hall–Kier alpha value is -0.261. The third kappa shape index (κ3) is 13.5. The van der Waals surface area contributed by atoms with Gasteiger partial charge in [0.1, 0.15) is 0 Å². The fraction of sp³-hybridized carbons (Fsp3) is 0.909. The predicted octanol–water partition coefficient (Wildman–Crippen LogP) is 6.52. The van der Waals surface area contributed by atoms with E-state index in [0.717, 1.165) is 51.4 Å². The number of hydrogen-bond donors (Lipinski definition) is 0. The van der Waals surface area contributed by atoms with Crippen LogP contribution in [-0.2, 0) is 15.7 Å². The number of rotatable bonds is 18. The number of hydrogen-bond acceptors (Lipinski definition) is 4. The van der Waals surface area contributed by atoms with Crippen molar-refractivity contribution in [3.63, 3.8) is 0 Å². The zero-order valence-electron chi connectivity index (χ0n) is 18.2. The van der Waals surface area contributed by atoms with Crippen molar-refractivity contribution in [3.8, 4) is 0 Å². The van der Waals surface area contributed by atoms with E-state index in [4.69, 9.17) is 6.15 Å². The Labute approximate surface area is 178 Å². The molecule has 158 valence electrons. The third-order valence-electron chi connectivity index (χ3n) is 5.28. The summed E-state index contributed by atoms with van der Waals surface area (Å²) >= 11 is -1.84. The van der Waals surface area contributed by atoms with E-state index in [-0.39, 0.29) is 17.4 Å². The zero-order chi connectivity index (χ0) is 20.4. The van der Waals surface area contributed by atoms with Crippen molar-refractivity contribution in [2.45, 2.75) is 124 Å². The molecule has 5 heteroatoms. The van der Waals surface area contributed by atoms with Crippen LogP contribution in [0.2, 0.25) is 0 Å². The molecule has 0 aromatic heterocycles. The molecule has 0 saturated heterocycles. The maximum atomic E-state index is 12.9. The van der Waals surface area contributed by atoms with Crippen LogP contribution in [0.4, 0.5) is 0 Å². The van der Waals surface area contributed by atoms with E-state index in [1.165, 1.54) is 51.9 Å². The molecule has 0 N–H and O–H groups in total. The Bertz CT molecular complexity index is 377. The van der Waals surface area contributed by atoms with Crippen LogP contribution in [0, 0.1) is 5.41 Å². The number of unbranched alkanes of at least 4 members (excludes halogenated alkanes) is 9. The van der Waals surface area contributed by atoms with Crippen LogP contribution in [0.25, 0.3) is 0 Å². The summed E-state index contributed by atoms with van der Waals surface area (Å²) in [4.78, 5) is 23.9. The zero-order valence-corrected chi connectivity index (χ0v) is 21.1. The minimum atomic E-state index is -1.84. The van der Waals surface area contributed by atoms with Gasteiger partial charge in [0.25, 0.3) is 0 Å². The summed E-state index contributed by atoms with van der Waals surface area (Å²) in [6.07, 6.45) is 17.2. The van der Waals surface area contributed by atoms with Crippen LogP contribution in [0.15, 0.2) is 0 Å². The second-order valence-corrected chi connectivity index (χ2v) is 9.42. The fourth-order valence-corrected chi connectivity index (χ4v) is 4.82. The molecule has 0 aliphatic heterocycles. The summed E-state index contributed by atoms with van der Waals surface area (Å²) in [7, 11) is 0. The van der Waals surface area contributed by atoms with Crippen molar-refractivity contribution < 1.29 is 15.7 Å². The summed E-state index contributed by atoms with van der Waals surface area (Å²) in [6, 6.07) is 0. The summed E-state index contributed by atoms with van der Waals surface area (Å²) in [5.41, 5.74) is -0.366. The molecule has 0 amide bonds. The fourth-order valence-electron chi connectivity index (χ4n) is 3.53. The Morgan fingerprint density at radius 1 is 0.667 bits per heavy atom. The Kier molecular flexibility index (Phi) is 17.6. The quantitative estimate of drug-likeness (QED) is 0.162. The Morgan fingerprint density at radius 3 is 1.59 bits per heavy atom. The van der Waals surface area contributed by atoms with Gasteiger partial charge >= 0.3 is 172 Å². The van der Waals surface area contributed by atoms with Crippen molar-refractivity contribution in [1.82, 2.24) is 0 Å². The first-order valence-corrected chi connectivity index (χ1v) is 13.5. The van der Waals surface area contributed by atoms with Gasteiger partial charge in [0.2, 0.25) is 0 Å². The standard InChI is InChI=1S/C20H40O2.C2H4O2.Sn/c1-4-7-10-11-12-13-14-15-18-20(19(21)22,16-8-5-2)17-9-6-3;1-2(3)4;/h4-18H2,1-3H3,(H,21,22);1H3,(H,3,4);/q;;+2/p-2. The molecule has 0 saturated carbocycles. The van der Waals surface area contributed by atoms with Gasteiger partial charge in [0.15, 0.2) is 0 Å². The molecule has 0 unspecified atom stereocenters.